The molecule has 2 N–H and O–H groups in total. The molecule has 1 amide bonds. The van der Waals surface area contributed by atoms with Gasteiger partial charge < -0.3 is 10.6 Å². The Morgan fingerprint density at radius 2 is 2.12 bits per heavy atom. The highest BCUT2D eigenvalue weighted by Gasteiger charge is 2.15. The van der Waals surface area contributed by atoms with E-state index in [9.17, 15) is 13.6 Å². The number of carbonyl (C=O) groups is 1. The molecule has 1 saturated heterocycles. The van der Waals surface area contributed by atoms with Crippen LogP contribution in [0.15, 0.2) is 24.4 Å². The fourth-order valence-corrected chi connectivity index (χ4v) is 3.84. The van der Waals surface area contributed by atoms with Gasteiger partial charge in [0.05, 0.1) is 0 Å². The zero-order valence-electron chi connectivity index (χ0n) is 13.9. The fraction of sp³-hybridized carbons (Fsp3) is 0.444. The molecule has 1 aliphatic rings. The lowest BCUT2D eigenvalue weighted by Gasteiger charge is -2.21. The number of hydrogen-bond donors (Lipinski definition) is 2. The highest BCUT2D eigenvalue weighted by atomic mass is 32.1. The molecule has 1 aromatic carbocycles. The molecule has 0 atom stereocenters. The van der Waals surface area contributed by atoms with Gasteiger partial charge in [0, 0.05) is 30.0 Å². The van der Waals surface area contributed by atoms with Crippen molar-refractivity contribution in [1.82, 2.24) is 10.3 Å². The van der Waals surface area contributed by atoms with Gasteiger partial charge in [0.1, 0.15) is 11.6 Å². The van der Waals surface area contributed by atoms with Gasteiger partial charge in [-0.05, 0) is 49.9 Å². The van der Waals surface area contributed by atoms with Crippen LogP contribution in [0.25, 0.3) is 0 Å². The van der Waals surface area contributed by atoms with Crippen molar-refractivity contribution < 1.29 is 13.6 Å². The van der Waals surface area contributed by atoms with Crippen molar-refractivity contribution in [2.45, 2.75) is 32.1 Å². The summed E-state index contributed by atoms with van der Waals surface area (Å²) >= 11 is 1.32. The number of anilines is 1. The summed E-state index contributed by atoms with van der Waals surface area (Å²) in [6, 6.07) is 3.55. The second-order valence-corrected chi connectivity index (χ2v) is 7.44. The van der Waals surface area contributed by atoms with Crippen molar-refractivity contribution in [2.75, 3.05) is 18.4 Å². The zero-order valence-corrected chi connectivity index (χ0v) is 14.7. The van der Waals surface area contributed by atoms with Crippen LogP contribution in [0.4, 0.5) is 13.9 Å². The molecular formula is C18H21F2N3OS. The number of thiazole rings is 1. The summed E-state index contributed by atoms with van der Waals surface area (Å²) in [6.45, 7) is 2.06. The molecule has 1 aromatic heterocycles. The minimum atomic E-state index is -0.591. The van der Waals surface area contributed by atoms with Crippen molar-refractivity contribution in [3.05, 3.63) is 46.5 Å². The number of rotatable bonds is 6. The van der Waals surface area contributed by atoms with Crippen LogP contribution in [0.2, 0.25) is 0 Å². The predicted octanol–water partition coefficient (Wildman–Crippen LogP) is 3.73. The molecule has 25 heavy (non-hydrogen) atoms. The molecule has 7 heteroatoms. The van der Waals surface area contributed by atoms with Gasteiger partial charge >= 0.3 is 0 Å². The molecule has 2 heterocycles. The third-order valence-electron chi connectivity index (χ3n) is 4.42. The lowest BCUT2D eigenvalue weighted by Crippen LogP contribution is -2.28. The van der Waals surface area contributed by atoms with E-state index in [1.165, 1.54) is 23.5 Å². The lowest BCUT2D eigenvalue weighted by molar-refractivity contribution is -0.116. The minimum Gasteiger partial charge on any atom is -0.317 e. The molecule has 3 rings (SSSR count). The number of hydrogen-bond acceptors (Lipinski definition) is 4. The van der Waals surface area contributed by atoms with E-state index in [2.05, 4.69) is 15.6 Å². The summed E-state index contributed by atoms with van der Waals surface area (Å²) in [7, 11) is 0. The highest BCUT2D eigenvalue weighted by Crippen LogP contribution is 2.23. The smallest absolute Gasteiger partial charge is 0.226 e. The molecule has 1 aliphatic heterocycles. The van der Waals surface area contributed by atoms with Gasteiger partial charge in [0.15, 0.2) is 5.13 Å². The average Bonchev–Trinajstić information content (AvgIpc) is 3.03. The number of halogens is 2. The quantitative estimate of drug-likeness (QED) is 0.820. The normalized spacial score (nSPS) is 15.3. The van der Waals surface area contributed by atoms with Gasteiger partial charge in [-0.1, -0.05) is 6.07 Å². The van der Waals surface area contributed by atoms with E-state index in [1.807, 2.05) is 0 Å². The van der Waals surface area contributed by atoms with Crippen LogP contribution in [0.3, 0.4) is 0 Å². The Bertz CT molecular complexity index is 729. The SMILES string of the molecule is O=C(CCC1CCNCC1)Nc1ncc(Cc2ccc(F)cc2F)s1. The first kappa shape index (κ1) is 17.9. The van der Waals surface area contributed by atoms with Gasteiger partial charge in [-0.2, -0.15) is 0 Å². The number of carbonyl (C=O) groups excluding carboxylic acids is 1. The van der Waals surface area contributed by atoms with E-state index in [4.69, 9.17) is 0 Å². The molecule has 0 spiro atoms. The molecule has 0 saturated carbocycles. The molecule has 1 fully saturated rings. The van der Waals surface area contributed by atoms with Crippen molar-refractivity contribution in [3.8, 4) is 0 Å². The Morgan fingerprint density at radius 3 is 2.88 bits per heavy atom. The molecule has 2 aromatic rings. The second-order valence-electron chi connectivity index (χ2n) is 6.32. The predicted molar refractivity (Wildman–Crippen MR) is 94.7 cm³/mol. The second kappa shape index (κ2) is 8.49. The van der Waals surface area contributed by atoms with Gasteiger partial charge in [0.25, 0.3) is 0 Å². The Hall–Kier alpha value is -1.86. The third-order valence-corrected chi connectivity index (χ3v) is 5.33. The van der Waals surface area contributed by atoms with Crippen LogP contribution in [-0.4, -0.2) is 24.0 Å². The number of benzene rings is 1. The first-order chi connectivity index (χ1) is 12.1. The summed E-state index contributed by atoms with van der Waals surface area (Å²) in [5.41, 5.74) is 0.411. The molecule has 134 valence electrons. The molecule has 0 aliphatic carbocycles. The third kappa shape index (κ3) is 5.31. The molecule has 0 bridgehead atoms. The van der Waals surface area contributed by atoms with Crippen LogP contribution >= 0.6 is 11.3 Å². The average molecular weight is 365 g/mol. The molecular weight excluding hydrogens is 344 g/mol. The van der Waals surface area contributed by atoms with Gasteiger partial charge in [0.2, 0.25) is 5.91 Å². The fourth-order valence-electron chi connectivity index (χ4n) is 2.99. The first-order valence-corrected chi connectivity index (χ1v) is 9.31. The number of piperidine rings is 1. The lowest BCUT2D eigenvalue weighted by atomic mass is 9.93. The number of amides is 1. The van der Waals surface area contributed by atoms with E-state index in [-0.39, 0.29) is 5.91 Å². The van der Waals surface area contributed by atoms with Crippen LogP contribution in [0.1, 0.15) is 36.1 Å². The zero-order chi connectivity index (χ0) is 17.6. The Kier molecular flexibility index (Phi) is 6.09. The van der Waals surface area contributed by atoms with Gasteiger partial charge in [-0.3, -0.25) is 4.79 Å². The summed E-state index contributed by atoms with van der Waals surface area (Å²) in [4.78, 5) is 17.0. The Labute approximate surface area is 149 Å². The Morgan fingerprint density at radius 1 is 1.32 bits per heavy atom. The summed E-state index contributed by atoms with van der Waals surface area (Å²) < 4.78 is 26.6. The van der Waals surface area contributed by atoms with Crippen LogP contribution in [0, 0.1) is 17.6 Å². The largest absolute Gasteiger partial charge is 0.317 e. The summed E-state index contributed by atoms with van der Waals surface area (Å²) in [5, 5.41) is 6.65. The Balaban J connectivity index is 1.49. The van der Waals surface area contributed by atoms with E-state index in [0.29, 0.717) is 29.5 Å². The maximum atomic E-state index is 13.7. The molecule has 4 nitrogen and oxygen atoms in total. The van der Waals surface area contributed by atoms with Crippen LogP contribution in [0.5, 0.6) is 0 Å². The first-order valence-electron chi connectivity index (χ1n) is 8.49. The van der Waals surface area contributed by atoms with Crippen molar-refractivity contribution in [3.63, 3.8) is 0 Å². The van der Waals surface area contributed by atoms with Crippen LogP contribution < -0.4 is 10.6 Å². The number of aromatic nitrogens is 1. The summed E-state index contributed by atoms with van der Waals surface area (Å²) in [5.74, 6) is -0.582. The maximum absolute atomic E-state index is 13.7. The van der Waals surface area contributed by atoms with Gasteiger partial charge in [-0.15, -0.1) is 11.3 Å². The van der Waals surface area contributed by atoms with E-state index >= 15 is 0 Å². The van der Waals surface area contributed by atoms with Crippen molar-refractivity contribution >= 4 is 22.4 Å². The number of nitrogens with zero attached hydrogens (tertiary/aromatic N) is 1. The van der Waals surface area contributed by atoms with Crippen molar-refractivity contribution in [2.24, 2.45) is 5.92 Å². The van der Waals surface area contributed by atoms with E-state index in [0.717, 1.165) is 43.3 Å². The topological polar surface area (TPSA) is 54.0 Å². The van der Waals surface area contributed by atoms with E-state index < -0.39 is 11.6 Å². The standard InChI is InChI=1S/C18H21F2N3OS/c19-14-3-2-13(16(20)10-14)9-15-11-22-18(25-15)23-17(24)4-1-12-5-7-21-8-6-12/h2-3,10-12,21H,1,4-9H2,(H,22,23,24). The monoisotopic (exact) mass is 365 g/mol. The highest BCUT2D eigenvalue weighted by molar-refractivity contribution is 7.15. The molecule has 0 radical (unpaired) electrons. The number of nitrogens with one attached hydrogen (secondary N) is 2. The van der Waals surface area contributed by atoms with Gasteiger partial charge in [-0.25, -0.2) is 13.8 Å². The maximum Gasteiger partial charge on any atom is 0.226 e. The minimum absolute atomic E-state index is 0.0348. The van der Waals surface area contributed by atoms with Crippen molar-refractivity contribution in [1.29, 1.82) is 0 Å². The molecule has 0 unspecified atom stereocenters. The van der Waals surface area contributed by atoms with Crippen LogP contribution in [-0.2, 0) is 11.2 Å². The van der Waals surface area contributed by atoms with E-state index in [1.54, 1.807) is 6.20 Å². The summed E-state index contributed by atoms with van der Waals surface area (Å²) in [6.07, 6.45) is 5.58.